The molecule has 2 aromatic heterocycles. The van der Waals surface area contributed by atoms with Crippen LogP contribution in [0.4, 0.5) is 0 Å². The van der Waals surface area contributed by atoms with E-state index in [1.165, 1.54) is 83.5 Å². The van der Waals surface area contributed by atoms with Crippen molar-refractivity contribution < 1.29 is 0 Å². The number of imidazole rings is 1. The molecule has 0 saturated carbocycles. The van der Waals surface area contributed by atoms with Gasteiger partial charge in [0.15, 0.2) is 10.8 Å². The summed E-state index contributed by atoms with van der Waals surface area (Å²) in [5.41, 5.74) is 1.36. The minimum atomic E-state index is 0.147. The van der Waals surface area contributed by atoms with Crippen LogP contribution in [-0.4, -0.2) is 19.5 Å². The number of halogens is 2. The lowest BCUT2D eigenvalue weighted by Gasteiger charge is -2.05. The van der Waals surface area contributed by atoms with Crippen LogP contribution < -0.4 is 0 Å². The predicted octanol–water partition coefficient (Wildman–Crippen LogP) is 7.61. The Morgan fingerprint density at radius 3 is 1.81 bits per heavy atom. The number of unbranched alkanes of at least 4 members (excludes halogenated alkanes) is 13. The zero-order valence-electron chi connectivity index (χ0n) is 16.7. The summed E-state index contributed by atoms with van der Waals surface area (Å²) in [4.78, 5) is 12.4. The van der Waals surface area contributed by atoms with E-state index in [0.717, 1.165) is 18.5 Å². The van der Waals surface area contributed by atoms with Crippen molar-refractivity contribution in [2.24, 2.45) is 0 Å². The average molecular weight is 413 g/mol. The van der Waals surface area contributed by atoms with Gasteiger partial charge in [0, 0.05) is 6.54 Å². The van der Waals surface area contributed by atoms with Crippen LogP contribution in [0.2, 0.25) is 10.4 Å². The molecule has 0 amide bonds. The molecule has 0 fully saturated rings. The maximum atomic E-state index is 6.18. The molecule has 0 radical (unpaired) electrons. The van der Waals surface area contributed by atoms with Crippen LogP contribution in [0.1, 0.15) is 96.8 Å². The molecule has 2 rings (SSSR count). The van der Waals surface area contributed by atoms with Gasteiger partial charge in [0.1, 0.15) is 5.52 Å². The fourth-order valence-electron chi connectivity index (χ4n) is 3.56. The van der Waals surface area contributed by atoms with Crippen molar-refractivity contribution in [1.82, 2.24) is 19.5 Å². The molecule has 0 unspecified atom stereocenters. The molecule has 6 heteroatoms. The Labute approximate surface area is 174 Å². The third kappa shape index (κ3) is 8.35. The first kappa shape index (κ1) is 22.4. The van der Waals surface area contributed by atoms with Crippen molar-refractivity contribution in [1.29, 1.82) is 0 Å². The highest BCUT2D eigenvalue weighted by Crippen LogP contribution is 2.22. The monoisotopic (exact) mass is 412 g/mol. The predicted molar refractivity (Wildman–Crippen MR) is 116 cm³/mol. The van der Waals surface area contributed by atoms with Gasteiger partial charge >= 0.3 is 0 Å². The number of nitrogens with zero attached hydrogens (tertiary/aromatic N) is 4. The molecule has 27 heavy (non-hydrogen) atoms. The van der Waals surface area contributed by atoms with E-state index < -0.39 is 0 Å². The third-order valence-corrected chi connectivity index (χ3v) is 5.59. The molecule has 0 aromatic carbocycles. The molecule has 0 saturated heterocycles. The zero-order chi connectivity index (χ0) is 19.3. The summed E-state index contributed by atoms with van der Waals surface area (Å²) in [7, 11) is 0. The Bertz CT molecular complexity index is 657. The van der Waals surface area contributed by atoms with Crippen molar-refractivity contribution in [3.63, 3.8) is 0 Å². The second-order valence-corrected chi connectivity index (χ2v) is 8.19. The van der Waals surface area contributed by atoms with Gasteiger partial charge in [-0.05, 0) is 18.0 Å². The molecule has 0 aliphatic heterocycles. The molecular weight excluding hydrogens is 379 g/mol. The molecule has 0 spiro atoms. The van der Waals surface area contributed by atoms with Crippen LogP contribution >= 0.6 is 23.2 Å². The number of aryl methyl sites for hydroxylation is 1. The molecule has 0 aliphatic carbocycles. The van der Waals surface area contributed by atoms with Crippen molar-refractivity contribution in [2.45, 2.75) is 103 Å². The Balaban J connectivity index is 1.46. The summed E-state index contributed by atoms with van der Waals surface area (Å²) in [6, 6.07) is 0. The first-order chi connectivity index (χ1) is 13.2. The van der Waals surface area contributed by atoms with E-state index >= 15 is 0 Å². The van der Waals surface area contributed by atoms with Crippen LogP contribution in [-0.2, 0) is 6.54 Å². The molecule has 0 atom stereocenters. The second kappa shape index (κ2) is 13.3. The van der Waals surface area contributed by atoms with E-state index in [1.807, 2.05) is 4.57 Å². The van der Waals surface area contributed by atoms with Gasteiger partial charge < -0.3 is 4.57 Å². The van der Waals surface area contributed by atoms with Gasteiger partial charge in [-0.3, -0.25) is 0 Å². The van der Waals surface area contributed by atoms with E-state index in [9.17, 15) is 0 Å². The second-order valence-electron chi connectivity index (χ2n) is 7.49. The van der Waals surface area contributed by atoms with Gasteiger partial charge in [-0.15, -0.1) is 0 Å². The summed E-state index contributed by atoms with van der Waals surface area (Å²) >= 11 is 12.0. The van der Waals surface area contributed by atoms with E-state index in [2.05, 4.69) is 21.9 Å². The molecule has 2 heterocycles. The highest BCUT2D eigenvalue weighted by atomic mass is 35.5. The maximum Gasteiger partial charge on any atom is 0.225 e. The van der Waals surface area contributed by atoms with Gasteiger partial charge in [0.2, 0.25) is 5.28 Å². The lowest BCUT2D eigenvalue weighted by Crippen LogP contribution is -1.98. The quantitative estimate of drug-likeness (QED) is 0.171. The maximum absolute atomic E-state index is 6.18. The largest absolute Gasteiger partial charge is 0.327 e. The zero-order valence-corrected chi connectivity index (χ0v) is 18.2. The van der Waals surface area contributed by atoms with Gasteiger partial charge in [-0.1, -0.05) is 102 Å². The van der Waals surface area contributed by atoms with Crippen molar-refractivity contribution in [2.75, 3.05) is 0 Å². The van der Waals surface area contributed by atoms with Crippen LogP contribution in [0.15, 0.2) is 6.33 Å². The normalized spacial score (nSPS) is 11.5. The molecule has 0 aliphatic rings. The minimum absolute atomic E-state index is 0.147. The van der Waals surface area contributed by atoms with Gasteiger partial charge in [0.25, 0.3) is 0 Å². The fourth-order valence-corrected chi connectivity index (χ4v) is 4.04. The standard InChI is InChI=1S/C21H34Cl2N4/c1-2-3-4-5-6-7-8-9-10-11-12-13-14-15-16-27-17-24-20-18(27)19(22)25-21(23)26-20/h17H,2-16H2,1H3. The molecule has 0 N–H and O–H groups in total. The van der Waals surface area contributed by atoms with Crippen LogP contribution in [0.5, 0.6) is 0 Å². The number of fused-ring (bicyclic) bond motifs is 1. The van der Waals surface area contributed by atoms with Crippen LogP contribution in [0.25, 0.3) is 11.2 Å². The Hall–Kier alpha value is -0.870. The van der Waals surface area contributed by atoms with Crippen molar-refractivity contribution >= 4 is 34.4 Å². The minimum Gasteiger partial charge on any atom is -0.327 e. The van der Waals surface area contributed by atoms with Crippen molar-refractivity contribution in [3.05, 3.63) is 16.8 Å². The Kier molecular flexibility index (Phi) is 11.1. The molecule has 4 nitrogen and oxygen atoms in total. The number of aromatic nitrogens is 4. The van der Waals surface area contributed by atoms with Gasteiger partial charge in [-0.25, -0.2) is 9.97 Å². The highest BCUT2D eigenvalue weighted by Gasteiger charge is 2.10. The summed E-state index contributed by atoms with van der Waals surface area (Å²) in [5.74, 6) is 0. The van der Waals surface area contributed by atoms with E-state index in [0.29, 0.717) is 10.8 Å². The lowest BCUT2D eigenvalue weighted by molar-refractivity contribution is 0.526. The summed E-state index contributed by atoms with van der Waals surface area (Å²) < 4.78 is 2.04. The summed E-state index contributed by atoms with van der Waals surface area (Å²) in [6.07, 6.45) is 20.9. The van der Waals surface area contributed by atoms with E-state index in [-0.39, 0.29) is 5.28 Å². The summed E-state index contributed by atoms with van der Waals surface area (Å²) in [6.45, 7) is 3.18. The first-order valence-electron chi connectivity index (χ1n) is 10.8. The van der Waals surface area contributed by atoms with Crippen molar-refractivity contribution in [3.8, 4) is 0 Å². The Morgan fingerprint density at radius 1 is 0.741 bits per heavy atom. The van der Waals surface area contributed by atoms with Gasteiger partial charge in [-0.2, -0.15) is 4.98 Å². The first-order valence-corrected chi connectivity index (χ1v) is 11.5. The lowest BCUT2D eigenvalue weighted by atomic mass is 10.0. The summed E-state index contributed by atoms with van der Waals surface area (Å²) in [5, 5.41) is 0.530. The number of rotatable bonds is 15. The average Bonchev–Trinajstić information content (AvgIpc) is 3.05. The molecule has 0 bridgehead atoms. The van der Waals surface area contributed by atoms with Gasteiger partial charge in [0.05, 0.1) is 6.33 Å². The fraction of sp³-hybridized carbons (Fsp3) is 0.762. The molecular formula is C21H34Cl2N4. The highest BCUT2D eigenvalue weighted by molar-refractivity contribution is 6.35. The third-order valence-electron chi connectivity index (χ3n) is 5.15. The van der Waals surface area contributed by atoms with E-state index in [4.69, 9.17) is 23.2 Å². The molecule has 152 valence electrons. The topological polar surface area (TPSA) is 43.6 Å². The smallest absolute Gasteiger partial charge is 0.225 e. The molecule has 2 aromatic rings. The Morgan fingerprint density at radius 2 is 1.26 bits per heavy atom. The van der Waals surface area contributed by atoms with Crippen LogP contribution in [0, 0.1) is 0 Å². The number of hydrogen-bond donors (Lipinski definition) is 0. The van der Waals surface area contributed by atoms with E-state index in [1.54, 1.807) is 6.33 Å². The van der Waals surface area contributed by atoms with Crippen LogP contribution in [0.3, 0.4) is 0 Å². The number of hydrogen-bond acceptors (Lipinski definition) is 3. The SMILES string of the molecule is CCCCCCCCCCCCCCCCn1cnc2nc(Cl)nc(Cl)c21.